The van der Waals surface area contributed by atoms with Crippen molar-refractivity contribution in [2.24, 2.45) is 0 Å². The molecular formula is C16H21N3O2. The number of piperidine rings is 1. The number of benzene rings is 1. The number of amides is 2. The summed E-state index contributed by atoms with van der Waals surface area (Å²) in [4.78, 5) is 25.6. The van der Waals surface area contributed by atoms with E-state index < -0.39 is 0 Å². The first kappa shape index (κ1) is 14.1. The minimum absolute atomic E-state index is 0.0206. The van der Waals surface area contributed by atoms with Gasteiger partial charge in [0, 0.05) is 37.3 Å². The molecule has 5 nitrogen and oxygen atoms in total. The first-order valence-electron chi connectivity index (χ1n) is 7.58. The smallest absolute Gasteiger partial charge is 0.251 e. The Balaban J connectivity index is 1.72. The predicted molar refractivity (Wildman–Crippen MR) is 81.5 cm³/mol. The quantitative estimate of drug-likeness (QED) is 0.855. The van der Waals surface area contributed by atoms with E-state index in [4.69, 9.17) is 0 Å². The van der Waals surface area contributed by atoms with Gasteiger partial charge < -0.3 is 15.5 Å². The van der Waals surface area contributed by atoms with E-state index in [0.29, 0.717) is 12.1 Å². The largest absolute Gasteiger partial charge is 0.348 e. The lowest BCUT2D eigenvalue weighted by molar-refractivity contribution is -0.116. The Labute approximate surface area is 124 Å². The van der Waals surface area contributed by atoms with E-state index in [9.17, 15) is 9.59 Å². The van der Waals surface area contributed by atoms with Crippen LogP contribution >= 0.6 is 0 Å². The molecule has 1 atom stereocenters. The summed E-state index contributed by atoms with van der Waals surface area (Å²) < 4.78 is 0. The Hall–Kier alpha value is -1.88. The van der Waals surface area contributed by atoms with Gasteiger partial charge in [-0.3, -0.25) is 9.59 Å². The lowest BCUT2D eigenvalue weighted by Gasteiger charge is -2.24. The maximum atomic E-state index is 12.3. The van der Waals surface area contributed by atoms with Gasteiger partial charge in [0.25, 0.3) is 5.91 Å². The van der Waals surface area contributed by atoms with Gasteiger partial charge in [0.2, 0.25) is 5.91 Å². The number of nitrogens with one attached hydrogen (secondary N) is 2. The molecule has 0 aromatic heterocycles. The molecule has 0 radical (unpaired) electrons. The Bertz CT molecular complexity index is 565. The first-order chi connectivity index (χ1) is 10.1. The fourth-order valence-electron chi connectivity index (χ4n) is 3.11. The van der Waals surface area contributed by atoms with Crippen molar-refractivity contribution in [2.45, 2.75) is 32.2 Å². The molecule has 2 heterocycles. The van der Waals surface area contributed by atoms with Gasteiger partial charge in [0.15, 0.2) is 0 Å². The van der Waals surface area contributed by atoms with Crippen molar-refractivity contribution in [3.05, 3.63) is 29.3 Å². The standard InChI is InChI=1S/C16H21N3O2/c1-11(20)19-8-6-12-9-13(4-5-15(12)19)16(21)18-14-3-2-7-17-10-14/h4-5,9,14,17H,2-3,6-8,10H2,1H3,(H,18,21)/t14-/m0/s1. The first-order valence-corrected chi connectivity index (χ1v) is 7.58. The third-order valence-electron chi connectivity index (χ3n) is 4.25. The number of carbonyl (C=O) groups excluding carboxylic acids is 2. The molecule has 0 unspecified atom stereocenters. The highest BCUT2D eigenvalue weighted by Crippen LogP contribution is 2.28. The molecule has 2 N–H and O–H groups in total. The molecule has 0 spiro atoms. The fourth-order valence-corrected chi connectivity index (χ4v) is 3.11. The molecular weight excluding hydrogens is 266 g/mol. The van der Waals surface area contributed by atoms with E-state index in [1.165, 1.54) is 0 Å². The van der Waals surface area contributed by atoms with E-state index in [1.807, 2.05) is 18.2 Å². The van der Waals surface area contributed by atoms with Crippen LogP contribution in [0.15, 0.2) is 18.2 Å². The van der Waals surface area contributed by atoms with Gasteiger partial charge in [-0.2, -0.15) is 0 Å². The fraction of sp³-hybridized carbons (Fsp3) is 0.500. The lowest BCUT2D eigenvalue weighted by atomic mass is 10.1. The molecule has 0 aliphatic carbocycles. The number of hydrogen-bond donors (Lipinski definition) is 2. The lowest BCUT2D eigenvalue weighted by Crippen LogP contribution is -2.45. The van der Waals surface area contributed by atoms with Crippen LogP contribution in [0, 0.1) is 0 Å². The van der Waals surface area contributed by atoms with Crippen LogP contribution in [0.2, 0.25) is 0 Å². The maximum absolute atomic E-state index is 12.3. The van der Waals surface area contributed by atoms with Crippen molar-refractivity contribution in [3.63, 3.8) is 0 Å². The number of carbonyl (C=O) groups is 2. The second-order valence-electron chi connectivity index (χ2n) is 5.78. The Morgan fingerprint density at radius 1 is 1.38 bits per heavy atom. The number of anilines is 1. The Morgan fingerprint density at radius 3 is 2.95 bits per heavy atom. The van der Waals surface area contributed by atoms with Crippen molar-refractivity contribution in [2.75, 3.05) is 24.5 Å². The second-order valence-corrected chi connectivity index (χ2v) is 5.78. The minimum Gasteiger partial charge on any atom is -0.348 e. The van der Waals surface area contributed by atoms with Gasteiger partial charge in [-0.1, -0.05) is 0 Å². The van der Waals surface area contributed by atoms with E-state index >= 15 is 0 Å². The average Bonchev–Trinajstić information content (AvgIpc) is 2.91. The summed E-state index contributed by atoms with van der Waals surface area (Å²) in [7, 11) is 0. The molecule has 5 heteroatoms. The third kappa shape index (κ3) is 2.93. The van der Waals surface area contributed by atoms with Gasteiger partial charge in [-0.15, -0.1) is 0 Å². The summed E-state index contributed by atoms with van der Waals surface area (Å²) in [5, 5.41) is 6.37. The number of hydrogen-bond acceptors (Lipinski definition) is 3. The molecule has 0 saturated carbocycles. The number of rotatable bonds is 2. The maximum Gasteiger partial charge on any atom is 0.251 e. The molecule has 1 aromatic rings. The van der Waals surface area contributed by atoms with Crippen LogP contribution in [0.3, 0.4) is 0 Å². The van der Waals surface area contributed by atoms with Crippen LogP contribution < -0.4 is 15.5 Å². The molecule has 2 aliphatic rings. The summed E-state index contributed by atoms with van der Waals surface area (Å²) in [6, 6.07) is 5.83. The molecule has 1 aromatic carbocycles. The highest BCUT2D eigenvalue weighted by atomic mass is 16.2. The van der Waals surface area contributed by atoms with Crippen molar-refractivity contribution in [1.82, 2.24) is 10.6 Å². The molecule has 0 bridgehead atoms. The zero-order valence-corrected chi connectivity index (χ0v) is 12.3. The highest BCUT2D eigenvalue weighted by Gasteiger charge is 2.23. The molecule has 112 valence electrons. The van der Waals surface area contributed by atoms with Gasteiger partial charge in [0.1, 0.15) is 0 Å². The van der Waals surface area contributed by atoms with Gasteiger partial charge >= 0.3 is 0 Å². The van der Waals surface area contributed by atoms with Crippen LogP contribution in [0.4, 0.5) is 5.69 Å². The average molecular weight is 287 g/mol. The molecule has 2 amide bonds. The van der Waals surface area contributed by atoms with Crippen LogP contribution in [0.1, 0.15) is 35.7 Å². The van der Waals surface area contributed by atoms with Gasteiger partial charge in [-0.25, -0.2) is 0 Å². The zero-order chi connectivity index (χ0) is 14.8. The minimum atomic E-state index is -0.0206. The zero-order valence-electron chi connectivity index (χ0n) is 12.3. The number of nitrogens with zero attached hydrogens (tertiary/aromatic N) is 1. The summed E-state index contributed by atoms with van der Waals surface area (Å²) in [6.07, 6.45) is 2.95. The normalized spacial score (nSPS) is 21.0. The molecule has 3 rings (SSSR count). The van der Waals surface area contributed by atoms with E-state index in [1.54, 1.807) is 11.8 Å². The van der Waals surface area contributed by atoms with Crippen molar-refractivity contribution >= 4 is 17.5 Å². The van der Waals surface area contributed by atoms with Crippen LogP contribution in [-0.4, -0.2) is 37.5 Å². The van der Waals surface area contributed by atoms with E-state index in [2.05, 4.69) is 10.6 Å². The summed E-state index contributed by atoms with van der Waals surface area (Å²) in [6.45, 7) is 4.16. The topological polar surface area (TPSA) is 61.4 Å². The van der Waals surface area contributed by atoms with Crippen LogP contribution in [-0.2, 0) is 11.2 Å². The van der Waals surface area contributed by atoms with Crippen LogP contribution in [0.25, 0.3) is 0 Å². The van der Waals surface area contributed by atoms with Crippen molar-refractivity contribution in [1.29, 1.82) is 0 Å². The van der Waals surface area contributed by atoms with Crippen molar-refractivity contribution < 1.29 is 9.59 Å². The van der Waals surface area contributed by atoms with Crippen molar-refractivity contribution in [3.8, 4) is 0 Å². The van der Waals surface area contributed by atoms with Crippen LogP contribution in [0.5, 0.6) is 0 Å². The van der Waals surface area contributed by atoms with Gasteiger partial charge in [0.05, 0.1) is 0 Å². The highest BCUT2D eigenvalue weighted by molar-refractivity contribution is 5.98. The summed E-state index contributed by atoms with van der Waals surface area (Å²) in [5.41, 5.74) is 2.71. The molecule has 2 aliphatic heterocycles. The second kappa shape index (κ2) is 5.85. The summed E-state index contributed by atoms with van der Waals surface area (Å²) >= 11 is 0. The van der Waals surface area contributed by atoms with E-state index in [0.717, 1.165) is 43.6 Å². The predicted octanol–water partition coefficient (Wildman–Crippen LogP) is 1.08. The summed E-state index contributed by atoms with van der Waals surface area (Å²) in [5.74, 6) is 0.0343. The Morgan fingerprint density at radius 2 is 2.24 bits per heavy atom. The molecule has 1 fully saturated rings. The third-order valence-corrected chi connectivity index (χ3v) is 4.25. The van der Waals surface area contributed by atoms with Gasteiger partial charge in [-0.05, 0) is 49.6 Å². The number of fused-ring (bicyclic) bond motifs is 1. The molecule has 1 saturated heterocycles. The Kier molecular flexibility index (Phi) is 3.92. The monoisotopic (exact) mass is 287 g/mol. The molecule has 21 heavy (non-hydrogen) atoms. The SMILES string of the molecule is CC(=O)N1CCc2cc(C(=O)N[C@H]3CCCNC3)ccc21. The van der Waals surface area contributed by atoms with E-state index in [-0.39, 0.29) is 17.9 Å².